The quantitative estimate of drug-likeness (QED) is 0.630. The van der Waals surface area contributed by atoms with Gasteiger partial charge in [-0.2, -0.15) is 0 Å². The topological polar surface area (TPSA) is 100.0 Å². The van der Waals surface area contributed by atoms with Gasteiger partial charge in [0.05, 0.1) is 7.11 Å². The molecule has 160 valence electrons. The van der Waals surface area contributed by atoms with Crippen LogP contribution in [-0.4, -0.2) is 52.2 Å². The van der Waals surface area contributed by atoms with Gasteiger partial charge in [0, 0.05) is 22.8 Å². The molecule has 2 heterocycles. The number of aromatic nitrogens is 1. The average molecular weight is 477 g/mol. The first kappa shape index (κ1) is 23.6. The number of piperidine rings is 1. The maximum atomic E-state index is 9.10. The van der Waals surface area contributed by atoms with Gasteiger partial charge in [0.2, 0.25) is 5.88 Å². The highest BCUT2D eigenvalue weighted by atomic mass is 79.9. The van der Waals surface area contributed by atoms with E-state index in [0.717, 1.165) is 30.0 Å². The second kappa shape index (κ2) is 12.1. The van der Waals surface area contributed by atoms with Crippen molar-refractivity contribution in [3.8, 4) is 5.88 Å². The first-order valence-electron chi connectivity index (χ1n) is 9.49. The number of hydrogen-bond acceptors (Lipinski definition) is 5. The van der Waals surface area contributed by atoms with E-state index in [2.05, 4.69) is 68.3 Å². The Morgan fingerprint density at radius 1 is 1.20 bits per heavy atom. The number of likely N-dealkylation sites (tertiary alicyclic amines) is 1. The predicted octanol–water partition coefficient (Wildman–Crippen LogP) is 3.93. The number of halogens is 1. The highest BCUT2D eigenvalue weighted by Crippen LogP contribution is 2.23. The molecular weight excluding hydrogens is 452 g/mol. The van der Waals surface area contributed by atoms with Gasteiger partial charge >= 0.3 is 11.9 Å². The van der Waals surface area contributed by atoms with E-state index in [-0.39, 0.29) is 0 Å². The molecule has 8 heteroatoms. The van der Waals surface area contributed by atoms with Crippen molar-refractivity contribution in [2.24, 2.45) is 5.92 Å². The largest absolute Gasteiger partial charge is 0.481 e. The number of hydrogen-bond donors (Lipinski definition) is 2. The number of carbonyl (C=O) groups is 2. The molecule has 30 heavy (non-hydrogen) atoms. The maximum Gasteiger partial charge on any atom is 0.414 e. The Labute approximate surface area is 184 Å². The number of pyridine rings is 1. The van der Waals surface area contributed by atoms with Gasteiger partial charge in [-0.3, -0.25) is 4.90 Å². The molecule has 0 atom stereocenters. The number of benzene rings is 1. The van der Waals surface area contributed by atoms with Crippen molar-refractivity contribution < 1.29 is 24.5 Å². The third-order valence-electron chi connectivity index (χ3n) is 4.66. The number of allylic oxidation sites excluding steroid dienone is 1. The average Bonchev–Trinajstić information content (AvgIpc) is 2.74. The zero-order chi connectivity index (χ0) is 21.9. The minimum absolute atomic E-state index is 0.663. The van der Waals surface area contributed by atoms with Crippen molar-refractivity contribution in [3.05, 3.63) is 64.3 Å². The summed E-state index contributed by atoms with van der Waals surface area (Å²) in [5, 5.41) is 14.8. The molecule has 1 aromatic carbocycles. The van der Waals surface area contributed by atoms with E-state index in [1.165, 1.54) is 24.0 Å². The van der Waals surface area contributed by atoms with E-state index >= 15 is 0 Å². The lowest BCUT2D eigenvalue weighted by Crippen LogP contribution is -2.32. The van der Waals surface area contributed by atoms with E-state index in [1.807, 2.05) is 6.07 Å². The summed E-state index contributed by atoms with van der Waals surface area (Å²) < 4.78 is 6.48. The number of rotatable bonds is 5. The Bertz CT molecular complexity index is 867. The predicted molar refractivity (Wildman–Crippen MR) is 117 cm³/mol. The van der Waals surface area contributed by atoms with Crippen LogP contribution in [0.3, 0.4) is 0 Å². The van der Waals surface area contributed by atoms with Crippen LogP contribution in [0.15, 0.2) is 53.1 Å². The van der Waals surface area contributed by atoms with E-state index in [0.29, 0.717) is 5.92 Å². The Kier molecular flexibility index (Phi) is 9.50. The Hall–Kier alpha value is -2.71. The fourth-order valence-corrected chi connectivity index (χ4v) is 3.55. The molecule has 1 aliphatic heterocycles. The van der Waals surface area contributed by atoms with Crippen LogP contribution in [0, 0.1) is 5.92 Å². The smallest absolute Gasteiger partial charge is 0.414 e. The summed E-state index contributed by atoms with van der Waals surface area (Å²) in [6, 6.07) is 12.5. The Balaban J connectivity index is 0.000000469. The lowest BCUT2D eigenvalue weighted by molar-refractivity contribution is -0.159. The number of methoxy groups -OCH3 is 1. The Morgan fingerprint density at radius 3 is 2.50 bits per heavy atom. The molecule has 0 bridgehead atoms. The van der Waals surface area contributed by atoms with Gasteiger partial charge in [0.1, 0.15) is 0 Å². The van der Waals surface area contributed by atoms with Gasteiger partial charge in [0.15, 0.2) is 0 Å². The van der Waals surface area contributed by atoms with Crippen LogP contribution in [-0.2, 0) is 16.1 Å². The molecule has 0 spiro atoms. The fraction of sp³-hybridized carbons (Fsp3) is 0.318. The number of carboxylic acid groups (broad SMARTS) is 2. The summed E-state index contributed by atoms with van der Waals surface area (Å²) in [5.41, 5.74) is 2.43. The van der Waals surface area contributed by atoms with Crippen LogP contribution in [0.4, 0.5) is 0 Å². The third kappa shape index (κ3) is 7.96. The minimum Gasteiger partial charge on any atom is -0.481 e. The van der Waals surface area contributed by atoms with Crippen molar-refractivity contribution in [2.75, 3.05) is 20.2 Å². The normalized spacial score (nSPS) is 14.7. The molecule has 2 N–H and O–H groups in total. The summed E-state index contributed by atoms with van der Waals surface area (Å²) >= 11 is 3.52. The molecular formula is C22H25BrN2O5. The summed E-state index contributed by atoms with van der Waals surface area (Å²) in [6.45, 7) is 3.15. The summed E-state index contributed by atoms with van der Waals surface area (Å²) in [7, 11) is 1.69. The highest BCUT2D eigenvalue weighted by Gasteiger charge is 2.18. The lowest BCUT2D eigenvalue weighted by Gasteiger charge is -2.30. The van der Waals surface area contributed by atoms with Crippen LogP contribution in [0.2, 0.25) is 0 Å². The van der Waals surface area contributed by atoms with Crippen LogP contribution >= 0.6 is 15.9 Å². The lowest BCUT2D eigenvalue weighted by atomic mass is 9.95. The molecule has 0 unspecified atom stereocenters. The number of aliphatic carboxylic acids is 2. The summed E-state index contributed by atoms with van der Waals surface area (Å²) in [4.78, 5) is 25.0. The zero-order valence-electron chi connectivity index (χ0n) is 16.7. The molecule has 1 aromatic heterocycles. The van der Waals surface area contributed by atoms with Gasteiger partial charge in [-0.25, -0.2) is 14.6 Å². The fourth-order valence-electron chi connectivity index (χ4n) is 3.13. The molecule has 1 saturated heterocycles. The first-order valence-corrected chi connectivity index (χ1v) is 10.3. The third-order valence-corrected chi connectivity index (χ3v) is 5.16. The summed E-state index contributed by atoms with van der Waals surface area (Å²) in [6.07, 6.45) is 8.79. The van der Waals surface area contributed by atoms with E-state index in [1.54, 1.807) is 13.3 Å². The van der Waals surface area contributed by atoms with Crippen LogP contribution < -0.4 is 4.74 Å². The monoisotopic (exact) mass is 476 g/mol. The van der Waals surface area contributed by atoms with Crippen molar-refractivity contribution >= 4 is 33.9 Å². The number of ether oxygens (including phenoxy) is 1. The van der Waals surface area contributed by atoms with Crippen molar-refractivity contribution in [3.63, 3.8) is 0 Å². The molecule has 0 saturated carbocycles. The molecule has 2 aromatic rings. The standard InChI is InChI=1S/C20H23BrN2O.C2H2O4/c1-24-20-18(5-3-11-22-20)15-23-12-9-16(10-13-23)7-8-17-4-2-6-19(21)14-17;3-1(4)2(5)6/h2-8,11,14,16H,9-10,12-13,15H2,1H3;(H,3,4)(H,5,6)/b8-7+;. The van der Waals surface area contributed by atoms with Crippen molar-refractivity contribution in [1.29, 1.82) is 0 Å². The second-order valence-corrected chi connectivity index (χ2v) is 7.73. The van der Waals surface area contributed by atoms with E-state index < -0.39 is 11.9 Å². The van der Waals surface area contributed by atoms with Crippen molar-refractivity contribution in [2.45, 2.75) is 19.4 Å². The Morgan fingerprint density at radius 2 is 1.90 bits per heavy atom. The molecule has 1 aliphatic rings. The zero-order valence-corrected chi connectivity index (χ0v) is 18.3. The molecule has 0 radical (unpaired) electrons. The summed E-state index contributed by atoms with van der Waals surface area (Å²) in [5.74, 6) is -2.24. The van der Waals surface area contributed by atoms with Gasteiger partial charge in [-0.15, -0.1) is 0 Å². The van der Waals surface area contributed by atoms with E-state index in [4.69, 9.17) is 24.5 Å². The molecule has 1 fully saturated rings. The molecule has 0 amide bonds. The van der Waals surface area contributed by atoms with Gasteiger partial charge < -0.3 is 14.9 Å². The van der Waals surface area contributed by atoms with Crippen LogP contribution in [0.25, 0.3) is 6.08 Å². The maximum absolute atomic E-state index is 9.10. The number of carboxylic acids is 2. The molecule has 3 rings (SSSR count). The first-order chi connectivity index (χ1) is 14.4. The SMILES string of the molecule is COc1ncccc1CN1CCC(/C=C/c2cccc(Br)c2)CC1.O=C(O)C(=O)O. The molecule has 7 nitrogen and oxygen atoms in total. The van der Waals surface area contributed by atoms with Gasteiger partial charge in [-0.05, 0) is 55.6 Å². The van der Waals surface area contributed by atoms with Gasteiger partial charge in [0.25, 0.3) is 0 Å². The minimum atomic E-state index is -1.82. The van der Waals surface area contributed by atoms with Gasteiger partial charge in [-0.1, -0.05) is 46.3 Å². The second-order valence-electron chi connectivity index (χ2n) is 6.81. The van der Waals surface area contributed by atoms with E-state index in [9.17, 15) is 0 Å². The number of nitrogens with zero attached hydrogens (tertiary/aromatic N) is 2. The van der Waals surface area contributed by atoms with Crippen molar-refractivity contribution in [1.82, 2.24) is 9.88 Å². The van der Waals surface area contributed by atoms with Crippen LogP contribution in [0.5, 0.6) is 5.88 Å². The van der Waals surface area contributed by atoms with Crippen LogP contribution in [0.1, 0.15) is 24.0 Å². The highest BCUT2D eigenvalue weighted by molar-refractivity contribution is 9.10. The molecule has 0 aliphatic carbocycles.